The van der Waals surface area contributed by atoms with Crippen molar-refractivity contribution in [3.05, 3.63) is 33.3 Å². The number of piperidine rings is 1. The predicted octanol–water partition coefficient (Wildman–Crippen LogP) is 3.59. The van der Waals surface area contributed by atoms with Gasteiger partial charge in [-0.15, -0.1) is 0 Å². The minimum atomic E-state index is 0.306. The molecule has 0 aliphatic carbocycles. The fourth-order valence-electron chi connectivity index (χ4n) is 2.43. The van der Waals surface area contributed by atoms with Crippen LogP contribution in [0.25, 0.3) is 0 Å². The van der Waals surface area contributed by atoms with Gasteiger partial charge in [0.2, 0.25) is 0 Å². The molecule has 2 rings (SSSR count). The van der Waals surface area contributed by atoms with Gasteiger partial charge in [0.15, 0.2) is 0 Å². The van der Waals surface area contributed by atoms with E-state index in [1.54, 1.807) is 0 Å². The molecule has 1 aliphatic heterocycles. The van der Waals surface area contributed by atoms with E-state index in [1.165, 1.54) is 12.0 Å². The summed E-state index contributed by atoms with van der Waals surface area (Å²) in [4.78, 5) is 2.42. The normalized spacial score (nSPS) is 23.6. The molecule has 2 N–H and O–H groups in total. The molecule has 4 heteroatoms. The van der Waals surface area contributed by atoms with Crippen molar-refractivity contribution in [2.75, 3.05) is 13.1 Å². The molecule has 2 atom stereocenters. The fourth-order valence-corrected chi connectivity index (χ4v) is 3.26. The van der Waals surface area contributed by atoms with Crippen LogP contribution in [0.5, 0.6) is 0 Å². The first-order valence-corrected chi connectivity index (χ1v) is 7.19. The lowest BCUT2D eigenvalue weighted by Gasteiger charge is -2.35. The first-order valence-electron chi connectivity index (χ1n) is 6.02. The van der Waals surface area contributed by atoms with Crippen molar-refractivity contribution in [2.45, 2.75) is 31.8 Å². The zero-order chi connectivity index (χ0) is 12.4. The Bertz CT molecular complexity index is 397. The molecule has 94 valence electrons. The molecule has 1 heterocycles. The Hall–Kier alpha value is -0.0900. The van der Waals surface area contributed by atoms with Crippen molar-refractivity contribution in [1.29, 1.82) is 0 Å². The van der Waals surface area contributed by atoms with E-state index in [0.717, 1.165) is 29.0 Å². The predicted molar refractivity (Wildman–Crippen MR) is 76.3 cm³/mol. The molecule has 1 aromatic carbocycles. The van der Waals surface area contributed by atoms with E-state index in [9.17, 15) is 0 Å². The molecule has 1 aromatic rings. The molecule has 17 heavy (non-hydrogen) atoms. The lowest BCUT2D eigenvalue weighted by molar-refractivity contribution is 0.159. The van der Waals surface area contributed by atoms with Crippen LogP contribution in [-0.2, 0) is 0 Å². The van der Waals surface area contributed by atoms with Gasteiger partial charge >= 0.3 is 0 Å². The number of hydrogen-bond acceptors (Lipinski definition) is 2. The third-order valence-corrected chi connectivity index (χ3v) is 4.27. The average molecular weight is 318 g/mol. The largest absolute Gasteiger partial charge is 0.327 e. The van der Waals surface area contributed by atoms with Crippen molar-refractivity contribution in [1.82, 2.24) is 4.90 Å². The Kier molecular flexibility index (Phi) is 4.47. The zero-order valence-corrected chi connectivity index (χ0v) is 12.3. The van der Waals surface area contributed by atoms with E-state index in [2.05, 4.69) is 33.8 Å². The number of nitrogens with zero attached hydrogens (tertiary/aromatic N) is 1. The number of halogens is 2. The van der Waals surface area contributed by atoms with E-state index in [0.29, 0.717) is 12.1 Å². The van der Waals surface area contributed by atoms with Crippen molar-refractivity contribution in [2.24, 2.45) is 5.73 Å². The molecule has 0 saturated carbocycles. The molecular formula is C13H18BrClN2. The van der Waals surface area contributed by atoms with Gasteiger partial charge in [-0.25, -0.2) is 0 Å². The topological polar surface area (TPSA) is 29.3 Å². The van der Waals surface area contributed by atoms with E-state index in [4.69, 9.17) is 17.3 Å². The highest BCUT2D eigenvalue weighted by molar-refractivity contribution is 9.10. The highest BCUT2D eigenvalue weighted by Gasteiger charge is 2.23. The second-order valence-electron chi connectivity index (χ2n) is 4.74. The van der Waals surface area contributed by atoms with Crippen molar-refractivity contribution < 1.29 is 0 Å². The number of likely N-dealkylation sites (tertiary alicyclic amines) is 1. The molecule has 0 aromatic heterocycles. The van der Waals surface area contributed by atoms with Crippen LogP contribution in [0.2, 0.25) is 5.02 Å². The van der Waals surface area contributed by atoms with Crippen LogP contribution < -0.4 is 5.73 Å². The van der Waals surface area contributed by atoms with Crippen molar-refractivity contribution in [3.63, 3.8) is 0 Å². The van der Waals surface area contributed by atoms with E-state index in [-0.39, 0.29) is 0 Å². The van der Waals surface area contributed by atoms with Crippen molar-refractivity contribution in [3.8, 4) is 0 Å². The average Bonchev–Trinajstić information content (AvgIpc) is 2.28. The third-order valence-electron chi connectivity index (χ3n) is 3.45. The summed E-state index contributed by atoms with van der Waals surface area (Å²) in [6.45, 7) is 4.28. The van der Waals surface area contributed by atoms with Gasteiger partial charge in [-0.3, -0.25) is 4.90 Å². The van der Waals surface area contributed by atoms with Crippen LogP contribution in [0.1, 0.15) is 31.4 Å². The Balaban J connectivity index is 2.15. The van der Waals surface area contributed by atoms with Crippen LogP contribution in [0, 0.1) is 0 Å². The Morgan fingerprint density at radius 1 is 1.53 bits per heavy atom. The van der Waals surface area contributed by atoms with Crippen LogP contribution in [0.3, 0.4) is 0 Å². The summed E-state index contributed by atoms with van der Waals surface area (Å²) in [7, 11) is 0. The molecular weight excluding hydrogens is 300 g/mol. The standard InChI is InChI=1S/C13H18BrClN2/c1-9(17-6-2-3-11(16)8-17)12-5-4-10(14)7-13(12)15/h4-5,7,9,11H,2-3,6,8,16H2,1H3. The van der Waals surface area contributed by atoms with Crippen LogP contribution in [0.15, 0.2) is 22.7 Å². The lowest BCUT2D eigenvalue weighted by Crippen LogP contribution is -2.43. The molecule has 1 fully saturated rings. The monoisotopic (exact) mass is 316 g/mol. The lowest BCUT2D eigenvalue weighted by atomic mass is 10.0. The Labute approximate surface area is 116 Å². The van der Waals surface area contributed by atoms with E-state index >= 15 is 0 Å². The number of benzene rings is 1. The van der Waals surface area contributed by atoms with Crippen LogP contribution >= 0.6 is 27.5 Å². The summed E-state index contributed by atoms with van der Waals surface area (Å²) < 4.78 is 1.02. The van der Waals surface area contributed by atoms with Crippen LogP contribution in [-0.4, -0.2) is 24.0 Å². The van der Waals surface area contributed by atoms with Gasteiger partial charge in [-0.1, -0.05) is 33.6 Å². The quantitative estimate of drug-likeness (QED) is 0.903. The summed E-state index contributed by atoms with van der Waals surface area (Å²) in [6.07, 6.45) is 2.32. The summed E-state index contributed by atoms with van der Waals surface area (Å²) in [5.74, 6) is 0. The zero-order valence-electron chi connectivity index (χ0n) is 10.00. The van der Waals surface area contributed by atoms with Gasteiger partial charge in [0.1, 0.15) is 0 Å². The maximum Gasteiger partial charge on any atom is 0.0464 e. The Morgan fingerprint density at radius 2 is 2.29 bits per heavy atom. The minimum Gasteiger partial charge on any atom is -0.327 e. The van der Waals surface area contributed by atoms with Gasteiger partial charge in [0.25, 0.3) is 0 Å². The van der Waals surface area contributed by atoms with Gasteiger partial charge in [0.05, 0.1) is 0 Å². The molecule has 1 aliphatic rings. The molecule has 2 unspecified atom stereocenters. The third kappa shape index (κ3) is 3.22. The number of hydrogen-bond donors (Lipinski definition) is 1. The van der Waals surface area contributed by atoms with Crippen molar-refractivity contribution >= 4 is 27.5 Å². The molecule has 0 radical (unpaired) electrons. The minimum absolute atomic E-state index is 0.306. The molecule has 1 saturated heterocycles. The van der Waals surface area contributed by atoms with Gasteiger partial charge in [-0.05, 0) is 44.0 Å². The van der Waals surface area contributed by atoms with Gasteiger partial charge in [-0.2, -0.15) is 0 Å². The van der Waals surface area contributed by atoms with E-state index in [1.807, 2.05) is 12.1 Å². The highest BCUT2D eigenvalue weighted by Crippen LogP contribution is 2.31. The molecule has 2 nitrogen and oxygen atoms in total. The smallest absolute Gasteiger partial charge is 0.0464 e. The first kappa shape index (κ1) is 13.3. The van der Waals surface area contributed by atoms with Gasteiger partial charge in [0, 0.05) is 28.1 Å². The van der Waals surface area contributed by atoms with Gasteiger partial charge < -0.3 is 5.73 Å². The highest BCUT2D eigenvalue weighted by atomic mass is 79.9. The summed E-state index contributed by atoms with van der Waals surface area (Å²) in [6, 6.07) is 6.73. The summed E-state index contributed by atoms with van der Waals surface area (Å²) in [5, 5.41) is 0.825. The number of rotatable bonds is 2. The second kappa shape index (κ2) is 5.70. The fraction of sp³-hybridized carbons (Fsp3) is 0.538. The van der Waals surface area contributed by atoms with Crippen LogP contribution in [0.4, 0.5) is 0 Å². The Morgan fingerprint density at radius 3 is 2.94 bits per heavy atom. The second-order valence-corrected chi connectivity index (χ2v) is 6.06. The molecule has 0 bridgehead atoms. The first-order chi connectivity index (χ1) is 8.08. The molecule has 0 spiro atoms. The van der Waals surface area contributed by atoms with E-state index < -0.39 is 0 Å². The number of nitrogens with two attached hydrogens (primary N) is 1. The SMILES string of the molecule is CC(c1ccc(Br)cc1Cl)N1CCCC(N)C1. The summed E-state index contributed by atoms with van der Waals surface area (Å²) >= 11 is 9.73. The maximum atomic E-state index is 6.29. The summed E-state index contributed by atoms with van der Waals surface area (Å²) in [5.41, 5.74) is 7.21. The maximum absolute atomic E-state index is 6.29. The molecule has 0 amide bonds.